The molecule has 0 unspecified atom stereocenters. The van der Waals surface area contributed by atoms with Crippen LogP contribution >= 0.6 is 0 Å². The van der Waals surface area contributed by atoms with Gasteiger partial charge in [-0.25, -0.2) is 9.48 Å². The molecule has 1 N–H and O–H groups in total. The van der Waals surface area contributed by atoms with Crippen LogP contribution in [0.5, 0.6) is 0 Å². The first-order valence-corrected chi connectivity index (χ1v) is 8.26. The van der Waals surface area contributed by atoms with Crippen molar-refractivity contribution >= 4 is 11.8 Å². The number of amides is 2. The highest BCUT2D eigenvalue weighted by Gasteiger charge is 2.19. The third-order valence-electron chi connectivity index (χ3n) is 4.26. The van der Waals surface area contributed by atoms with Gasteiger partial charge >= 0.3 is 6.03 Å². The lowest BCUT2D eigenvalue weighted by molar-refractivity contribution is 0.181. The van der Waals surface area contributed by atoms with Crippen molar-refractivity contribution < 1.29 is 9.53 Å². The molecule has 1 saturated heterocycles. The van der Waals surface area contributed by atoms with E-state index < -0.39 is 0 Å². The highest BCUT2D eigenvalue weighted by molar-refractivity contribution is 5.88. The summed E-state index contributed by atoms with van der Waals surface area (Å²) in [5.74, 6) is 1.12. The summed E-state index contributed by atoms with van der Waals surface area (Å²) in [5.41, 5.74) is 1.57. The van der Waals surface area contributed by atoms with E-state index in [2.05, 4.69) is 16.5 Å². The zero-order valence-electron chi connectivity index (χ0n) is 14.2. The Hall–Kier alpha value is -2.85. The van der Waals surface area contributed by atoms with Gasteiger partial charge in [-0.2, -0.15) is 10.4 Å². The SMILES string of the molecule is CN(Cc1ccc(C#N)cc1)C(=O)Nc1ccnn1C[C@H]1CCOC1. The number of nitrogens with zero attached hydrogens (tertiary/aromatic N) is 4. The molecule has 2 aromatic rings. The molecule has 0 bridgehead atoms. The van der Waals surface area contributed by atoms with Crippen LogP contribution in [0.15, 0.2) is 36.5 Å². The summed E-state index contributed by atoms with van der Waals surface area (Å²) >= 11 is 0. The summed E-state index contributed by atoms with van der Waals surface area (Å²) in [5, 5.41) is 16.0. The predicted molar refractivity (Wildman–Crippen MR) is 92.8 cm³/mol. The lowest BCUT2D eigenvalue weighted by atomic mass is 10.1. The van der Waals surface area contributed by atoms with E-state index in [9.17, 15) is 4.79 Å². The van der Waals surface area contributed by atoms with E-state index in [4.69, 9.17) is 10.00 Å². The molecule has 2 amide bonds. The summed E-state index contributed by atoms with van der Waals surface area (Å²) in [4.78, 5) is 14.0. The first-order valence-electron chi connectivity index (χ1n) is 8.26. The minimum atomic E-state index is -0.200. The topological polar surface area (TPSA) is 83.2 Å². The van der Waals surface area contributed by atoms with E-state index in [0.717, 1.165) is 31.7 Å². The molecule has 7 nitrogen and oxygen atoms in total. The van der Waals surface area contributed by atoms with Crippen molar-refractivity contribution in [1.29, 1.82) is 5.26 Å². The summed E-state index contributed by atoms with van der Waals surface area (Å²) in [7, 11) is 1.74. The van der Waals surface area contributed by atoms with Gasteiger partial charge in [0.2, 0.25) is 0 Å². The van der Waals surface area contributed by atoms with Gasteiger partial charge in [0, 0.05) is 38.7 Å². The fourth-order valence-corrected chi connectivity index (χ4v) is 2.79. The quantitative estimate of drug-likeness (QED) is 0.907. The van der Waals surface area contributed by atoms with Gasteiger partial charge in [-0.3, -0.25) is 5.32 Å². The lowest BCUT2D eigenvalue weighted by Gasteiger charge is -2.19. The van der Waals surface area contributed by atoms with Gasteiger partial charge in [-0.05, 0) is 24.1 Å². The molecule has 130 valence electrons. The molecular weight excluding hydrogens is 318 g/mol. The van der Waals surface area contributed by atoms with Crippen LogP contribution in [0.2, 0.25) is 0 Å². The number of nitrogens with one attached hydrogen (secondary N) is 1. The first kappa shape index (κ1) is 17.0. The van der Waals surface area contributed by atoms with Crippen LogP contribution in [0.3, 0.4) is 0 Å². The normalized spacial score (nSPS) is 16.4. The molecule has 25 heavy (non-hydrogen) atoms. The number of nitriles is 1. The van der Waals surface area contributed by atoms with E-state index in [-0.39, 0.29) is 6.03 Å². The highest BCUT2D eigenvalue weighted by Crippen LogP contribution is 2.17. The Morgan fingerprint density at radius 1 is 1.44 bits per heavy atom. The lowest BCUT2D eigenvalue weighted by Crippen LogP contribution is -2.32. The molecule has 1 aliphatic rings. The van der Waals surface area contributed by atoms with Gasteiger partial charge in [-0.15, -0.1) is 0 Å². The van der Waals surface area contributed by atoms with E-state index in [0.29, 0.717) is 23.8 Å². The number of urea groups is 1. The van der Waals surface area contributed by atoms with E-state index in [1.165, 1.54) is 0 Å². The predicted octanol–water partition coefficient (Wildman–Crippen LogP) is 2.46. The summed E-state index contributed by atoms with van der Waals surface area (Å²) < 4.78 is 7.20. The van der Waals surface area contributed by atoms with Crippen LogP contribution in [-0.2, 0) is 17.8 Å². The molecule has 2 heterocycles. The number of hydrogen-bond donors (Lipinski definition) is 1. The Morgan fingerprint density at radius 3 is 2.92 bits per heavy atom. The van der Waals surface area contributed by atoms with Crippen LogP contribution in [0.25, 0.3) is 0 Å². The van der Waals surface area contributed by atoms with E-state index in [1.54, 1.807) is 36.3 Å². The van der Waals surface area contributed by atoms with E-state index in [1.807, 2.05) is 16.8 Å². The van der Waals surface area contributed by atoms with Crippen LogP contribution < -0.4 is 5.32 Å². The maximum absolute atomic E-state index is 12.4. The smallest absolute Gasteiger partial charge is 0.323 e. The molecule has 1 aromatic carbocycles. The third-order valence-corrected chi connectivity index (χ3v) is 4.26. The Morgan fingerprint density at radius 2 is 2.24 bits per heavy atom. The first-order chi connectivity index (χ1) is 12.2. The molecule has 1 aromatic heterocycles. The Bertz CT molecular complexity index is 757. The second-order valence-electron chi connectivity index (χ2n) is 6.22. The standard InChI is InChI=1S/C18H21N5O2/c1-22(11-15-4-2-14(10-19)3-5-15)18(24)21-17-6-8-20-23(17)12-16-7-9-25-13-16/h2-6,8,16H,7,9,11-13H2,1H3,(H,21,24)/t16-/m1/s1. The molecule has 1 aliphatic heterocycles. The Kier molecular flexibility index (Phi) is 5.31. The molecule has 0 spiro atoms. The summed E-state index contributed by atoms with van der Waals surface area (Å²) in [6.45, 7) is 2.73. The zero-order chi connectivity index (χ0) is 17.6. The van der Waals surface area contributed by atoms with Gasteiger partial charge in [-0.1, -0.05) is 12.1 Å². The number of hydrogen-bond acceptors (Lipinski definition) is 4. The van der Waals surface area contributed by atoms with Gasteiger partial charge in [0.15, 0.2) is 0 Å². The second kappa shape index (κ2) is 7.81. The van der Waals surface area contributed by atoms with Gasteiger partial charge < -0.3 is 9.64 Å². The maximum atomic E-state index is 12.4. The number of carbonyl (C=O) groups excluding carboxylic acids is 1. The van der Waals surface area contributed by atoms with Gasteiger partial charge in [0.1, 0.15) is 5.82 Å². The van der Waals surface area contributed by atoms with Crippen molar-refractivity contribution in [3.8, 4) is 6.07 Å². The minimum Gasteiger partial charge on any atom is -0.381 e. The maximum Gasteiger partial charge on any atom is 0.323 e. The number of ether oxygens (including phenoxy) is 1. The molecular formula is C18H21N5O2. The zero-order valence-corrected chi connectivity index (χ0v) is 14.2. The van der Waals surface area contributed by atoms with Crippen LogP contribution in [0.1, 0.15) is 17.5 Å². The summed E-state index contributed by atoms with van der Waals surface area (Å²) in [6, 6.07) is 10.9. The Labute approximate surface area is 146 Å². The van der Waals surface area contributed by atoms with Gasteiger partial charge in [0.25, 0.3) is 0 Å². The molecule has 0 aliphatic carbocycles. The summed E-state index contributed by atoms with van der Waals surface area (Å²) in [6.07, 6.45) is 2.71. The number of aromatic nitrogens is 2. The number of rotatable bonds is 5. The average molecular weight is 339 g/mol. The van der Waals surface area contributed by atoms with Crippen molar-refractivity contribution in [3.63, 3.8) is 0 Å². The second-order valence-corrected chi connectivity index (χ2v) is 6.22. The number of anilines is 1. The molecule has 1 fully saturated rings. The van der Waals surface area contributed by atoms with Crippen molar-refractivity contribution in [2.45, 2.75) is 19.5 Å². The fraction of sp³-hybridized carbons (Fsp3) is 0.389. The Balaban J connectivity index is 1.57. The number of carbonyl (C=O) groups is 1. The minimum absolute atomic E-state index is 0.200. The van der Waals surface area contributed by atoms with Crippen molar-refractivity contribution in [2.75, 3.05) is 25.6 Å². The monoisotopic (exact) mass is 339 g/mol. The average Bonchev–Trinajstić information content (AvgIpc) is 3.28. The van der Waals surface area contributed by atoms with Crippen LogP contribution in [0.4, 0.5) is 10.6 Å². The third kappa shape index (κ3) is 4.37. The van der Waals surface area contributed by atoms with E-state index >= 15 is 0 Å². The fourth-order valence-electron chi connectivity index (χ4n) is 2.79. The molecule has 1 atom stereocenters. The van der Waals surface area contributed by atoms with Gasteiger partial charge in [0.05, 0.1) is 24.4 Å². The highest BCUT2D eigenvalue weighted by atomic mass is 16.5. The largest absolute Gasteiger partial charge is 0.381 e. The molecule has 0 saturated carbocycles. The van der Waals surface area contributed by atoms with Crippen molar-refractivity contribution in [1.82, 2.24) is 14.7 Å². The molecule has 0 radical (unpaired) electrons. The van der Waals surface area contributed by atoms with Crippen molar-refractivity contribution in [2.24, 2.45) is 5.92 Å². The molecule has 3 rings (SSSR count). The molecule has 7 heteroatoms. The van der Waals surface area contributed by atoms with Crippen molar-refractivity contribution in [3.05, 3.63) is 47.7 Å². The number of benzene rings is 1. The van der Waals surface area contributed by atoms with Crippen LogP contribution in [-0.4, -0.2) is 41.0 Å². The van der Waals surface area contributed by atoms with Crippen LogP contribution in [0, 0.1) is 17.2 Å².